The van der Waals surface area contributed by atoms with Gasteiger partial charge in [-0.2, -0.15) is 0 Å². The van der Waals surface area contributed by atoms with E-state index in [0.29, 0.717) is 17.9 Å². The van der Waals surface area contributed by atoms with Crippen LogP contribution in [0.1, 0.15) is 11.1 Å². The highest BCUT2D eigenvalue weighted by atomic mass is 19.1. The Bertz CT molecular complexity index is 515. The second kappa shape index (κ2) is 6.20. The summed E-state index contributed by atoms with van der Waals surface area (Å²) in [5, 5.41) is 9.26. The minimum atomic E-state index is -0.465. The predicted molar refractivity (Wildman–Crippen MR) is 69.6 cm³/mol. The third-order valence-electron chi connectivity index (χ3n) is 2.71. The predicted octanol–water partition coefficient (Wildman–Crippen LogP) is 2.91. The third-order valence-corrected chi connectivity index (χ3v) is 2.71. The lowest BCUT2D eigenvalue weighted by Gasteiger charge is -2.14. The van der Waals surface area contributed by atoms with E-state index in [1.165, 1.54) is 19.2 Å². The maximum Gasteiger partial charge on any atom is 0.167 e. The summed E-state index contributed by atoms with van der Waals surface area (Å²) in [6.45, 7) is 0.0219. The van der Waals surface area contributed by atoms with E-state index in [9.17, 15) is 9.50 Å². The fourth-order valence-corrected chi connectivity index (χ4v) is 1.79. The number of benzene rings is 2. The standard InChI is InChI=1S/C15H15FO3/c1-18-14-8-13(16)7-12(9-17)15(14)19-10-11-5-3-2-4-6-11/h2-8,17H,9-10H2,1H3. The molecule has 1 N–H and O–H groups in total. The molecule has 0 saturated carbocycles. The molecule has 2 aromatic carbocycles. The van der Waals surface area contributed by atoms with Crippen LogP contribution in [0.5, 0.6) is 11.5 Å². The second-order valence-electron chi connectivity index (χ2n) is 4.03. The summed E-state index contributed by atoms with van der Waals surface area (Å²) in [5.41, 5.74) is 1.35. The van der Waals surface area contributed by atoms with Crippen molar-refractivity contribution in [2.45, 2.75) is 13.2 Å². The average Bonchev–Trinajstić information content (AvgIpc) is 2.46. The SMILES string of the molecule is COc1cc(F)cc(CO)c1OCc1ccccc1. The summed E-state index contributed by atoms with van der Waals surface area (Å²) in [4.78, 5) is 0. The van der Waals surface area contributed by atoms with Gasteiger partial charge in [-0.25, -0.2) is 4.39 Å². The van der Waals surface area contributed by atoms with Gasteiger partial charge < -0.3 is 14.6 Å². The molecule has 0 atom stereocenters. The minimum absolute atomic E-state index is 0.278. The van der Waals surface area contributed by atoms with Gasteiger partial charge in [-0.3, -0.25) is 0 Å². The highest BCUT2D eigenvalue weighted by molar-refractivity contribution is 5.47. The van der Waals surface area contributed by atoms with Crippen LogP contribution in [-0.4, -0.2) is 12.2 Å². The van der Waals surface area contributed by atoms with Gasteiger partial charge in [0, 0.05) is 11.6 Å². The van der Waals surface area contributed by atoms with Crippen LogP contribution in [0.2, 0.25) is 0 Å². The van der Waals surface area contributed by atoms with Crippen molar-refractivity contribution < 1.29 is 19.0 Å². The molecule has 4 heteroatoms. The van der Waals surface area contributed by atoms with Gasteiger partial charge in [0.25, 0.3) is 0 Å². The first-order valence-corrected chi connectivity index (χ1v) is 5.88. The maximum absolute atomic E-state index is 13.3. The van der Waals surface area contributed by atoms with E-state index in [2.05, 4.69) is 0 Å². The van der Waals surface area contributed by atoms with Gasteiger partial charge in [0.15, 0.2) is 11.5 Å². The smallest absolute Gasteiger partial charge is 0.167 e. The Hall–Kier alpha value is -2.07. The average molecular weight is 262 g/mol. The van der Waals surface area contributed by atoms with E-state index in [4.69, 9.17) is 9.47 Å². The van der Waals surface area contributed by atoms with Crippen molar-refractivity contribution in [1.29, 1.82) is 0 Å². The van der Waals surface area contributed by atoms with Crippen molar-refractivity contribution in [3.8, 4) is 11.5 Å². The van der Waals surface area contributed by atoms with E-state index in [1.807, 2.05) is 30.3 Å². The van der Waals surface area contributed by atoms with E-state index in [-0.39, 0.29) is 12.4 Å². The Morgan fingerprint density at radius 1 is 1.16 bits per heavy atom. The Labute approximate surface area is 111 Å². The van der Waals surface area contributed by atoms with Crippen molar-refractivity contribution in [2.24, 2.45) is 0 Å². The molecule has 0 radical (unpaired) electrons. The molecule has 0 aromatic heterocycles. The molecule has 0 fully saturated rings. The van der Waals surface area contributed by atoms with E-state index in [0.717, 1.165) is 5.56 Å². The van der Waals surface area contributed by atoms with Crippen molar-refractivity contribution in [2.75, 3.05) is 7.11 Å². The molecular weight excluding hydrogens is 247 g/mol. The number of aliphatic hydroxyl groups excluding tert-OH is 1. The topological polar surface area (TPSA) is 38.7 Å². The molecule has 0 saturated heterocycles. The molecule has 2 aromatic rings. The van der Waals surface area contributed by atoms with Crippen LogP contribution in [0.4, 0.5) is 4.39 Å². The lowest BCUT2D eigenvalue weighted by Crippen LogP contribution is -2.02. The molecule has 0 unspecified atom stereocenters. The zero-order valence-corrected chi connectivity index (χ0v) is 10.6. The quantitative estimate of drug-likeness (QED) is 0.900. The zero-order chi connectivity index (χ0) is 13.7. The zero-order valence-electron chi connectivity index (χ0n) is 10.6. The van der Waals surface area contributed by atoms with Gasteiger partial charge in [-0.05, 0) is 11.6 Å². The molecule has 100 valence electrons. The first-order valence-electron chi connectivity index (χ1n) is 5.88. The van der Waals surface area contributed by atoms with Crippen molar-refractivity contribution in [3.05, 3.63) is 59.4 Å². The highest BCUT2D eigenvalue weighted by Gasteiger charge is 2.13. The fourth-order valence-electron chi connectivity index (χ4n) is 1.79. The summed E-state index contributed by atoms with van der Waals surface area (Å²) >= 11 is 0. The Morgan fingerprint density at radius 3 is 2.53 bits per heavy atom. The molecular formula is C15H15FO3. The molecule has 0 aliphatic rings. The fraction of sp³-hybridized carbons (Fsp3) is 0.200. The number of ether oxygens (including phenoxy) is 2. The van der Waals surface area contributed by atoms with Gasteiger partial charge in [-0.15, -0.1) is 0 Å². The van der Waals surface area contributed by atoms with Crippen molar-refractivity contribution in [1.82, 2.24) is 0 Å². The molecule has 0 amide bonds. The summed E-state index contributed by atoms with van der Waals surface area (Å²) in [7, 11) is 1.44. The summed E-state index contributed by atoms with van der Waals surface area (Å²) < 4.78 is 24.0. The van der Waals surface area contributed by atoms with Crippen molar-refractivity contribution in [3.63, 3.8) is 0 Å². The molecule has 0 aliphatic heterocycles. The van der Waals surface area contributed by atoms with Crippen LogP contribution < -0.4 is 9.47 Å². The van der Waals surface area contributed by atoms with Crippen molar-refractivity contribution >= 4 is 0 Å². The lowest BCUT2D eigenvalue weighted by molar-refractivity contribution is 0.248. The van der Waals surface area contributed by atoms with Crippen LogP contribution in [0, 0.1) is 5.82 Å². The van der Waals surface area contributed by atoms with Gasteiger partial charge in [-0.1, -0.05) is 30.3 Å². The van der Waals surface area contributed by atoms with Crippen LogP contribution in [0.3, 0.4) is 0 Å². The van der Waals surface area contributed by atoms with E-state index >= 15 is 0 Å². The van der Waals surface area contributed by atoms with Crippen LogP contribution in [-0.2, 0) is 13.2 Å². The molecule has 2 rings (SSSR count). The largest absolute Gasteiger partial charge is 0.493 e. The number of hydrogen-bond donors (Lipinski definition) is 1. The summed E-state index contributed by atoms with van der Waals surface area (Å²) in [6, 6.07) is 12.1. The van der Waals surface area contributed by atoms with Gasteiger partial charge in [0.1, 0.15) is 12.4 Å². The molecule has 19 heavy (non-hydrogen) atoms. The summed E-state index contributed by atoms with van der Waals surface area (Å²) in [6.07, 6.45) is 0. The Morgan fingerprint density at radius 2 is 1.89 bits per heavy atom. The van der Waals surface area contributed by atoms with Gasteiger partial charge >= 0.3 is 0 Å². The molecule has 0 bridgehead atoms. The normalized spacial score (nSPS) is 10.3. The second-order valence-corrected chi connectivity index (χ2v) is 4.03. The van der Waals surface area contributed by atoms with E-state index < -0.39 is 5.82 Å². The third kappa shape index (κ3) is 3.23. The number of rotatable bonds is 5. The minimum Gasteiger partial charge on any atom is -0.493 e. The Kier molecular flexibility index (Phi) is 4.36. The van der Waals surface area contributed by atoms with Gasteiger partial charge in [0.2, 0.25) is 0 Å². The molecule has 3 nitrogen and oxygen atoms in total. The van der Waals surface area contributed by atoms with Crippen LogP contribution in [0.15, 0.2) is 42.5 Å². The first-order chi connectivity index (χ1) is 9.24. The van der Waals surface area contributed by atoms with Crippen LogP contribution in [0.25, 0.3) is 0 Å². The molecule has 0 heterocycles. The highest BCUT2D eigenvalue weighted by Crippen LogP contribution is 2.33. The first kappa shape index (κ1) is 13.4. The van der Waals surface area contributed by atoms with Crippen LogP contribution >= 0.6 is 0 Å². The monoisotopic (exact) mass is 262 g/mol. The number of methoxy groups -OCH3 is 1. The Balaban J connectivity index is 2.23. The number of hydrogen-bond acceptors (Lipinski definition) is 3. The van der Waals surface area contributed by atoms with E-state index in [1.54, 1.807) is 0 Å². The van der Waals surface area contributed by atoms with Gasteiger partial charge in [0.05, 0.1) is 13.7 Å². The molecule has 0 spiro atoms. The molecule has 0 aliphatic carbocycles. The number of halogens is 1. The summed E-state index contributed by atoms with van der Waals surface area (Å²) in [5.74, 6) is 0.184. The lowest BCUT2D eigenvalue weighted by atomic mass is 10.2. The maximum atomic E-state index is 13.3. The number of aliphatic hydroxyl groups is 1.